The number of aromatic nitrogens is 2. The normalized spacial score (nSPS) is 10.8. The molecule has 20 heavy (non-hydrogen) atoms. The molecule has 1 aromatic heterocycles. The van der Waals surface area contributed by atoms with Crippen LogP contribution in [-0.4, -0.2) is 10.2 Å². The average Bonchev–Trinajstić information content (AvgIpc) is 2.45. The van der Waals surface area contributed by atoms with Crippen LogP contribution in [0.2, 0.25) is 10.2 Å². The lowest BCUT2D eigenvalue weighted by Gasteiger charge is -2.09. The second-order valence-electron chi connectivity index (χ2n) is 4.02. The monoisotopic (exact) mass is 368 g/mol. The highest BCUT2D eigenvalue weighted by Crippen LogP contribution is 2.34. The summed E-state index contributed by atoms with van der Waals surface area (Å²) >= 11 is 15.3. The smallest absolute Gasteiger partial charge is 0.246 e. The Morgan fingerprint density at radius 1 is 0.950 bits per heavy atom. The predicted molar refractivity (Wildman–Crippen MR) is 83.8 cm³/mol. The number of nitrogens with zero attached hydrogens (tertiary/aromatic N) is 2. The zero-order chi connectivity index (χ0) is 14.1. The third-order valence-corrected chi connectivity index (χ3v) is 3.84. The molecule has 3 rings (SSSR count). The highest BCUT2D eigenvalue weighted by Gasteiger charge is 2.11. The van der Waals surface area contributed by atoms with Crippen LogP contribution in [0, 0.1) is 0 Å². The first-order valence-electron chi connectivity index (χ1n) is 5.69. The van der Waals surface area contributed by atoms with E-state index in [1.807, 2.05) is 24.3 Å². The van der Waals surface area contributed by atoms with Crippen LogP contribution in [0.1, 0.15) is 0 Å². The number of benzene rings is 2. The van der Waals surface area contributed by atoms with Crippen molar-refractivity contribution in [1.29, 1.82) is 0 Å². The Bertz CT molecular complexity index is 795. The molecule has 0 aliphatic carbocycles. The van der Waals surface area contributed by atoms with E-state index in [0.29, 0.717) is 21.8 Å². The zero-order valence-corrected chi connectivity index (χ0v) is 13.1. The third kappa shape index (κ3) is 2.59. The van der Waals surface area contributed by atoms with E-state index in [1.165, 1.54) is 0 Å². The lowest BCUT2D eigenvalue weighted by Crippen LogP contribution is -1.93. The Balaban J connectivity index is 2.09. The van der Waals surface area contributed by atoms with Gasteiger partial charge in [-0.3, -0.25) is 0 Å². The first-order chi connectivity index (χ1) is 9.65. The van der Waals surface area contributed by atoms with Gasteiger partial charge in [-0.2, -0.15) is 0 Å². The van der Waals surface area contributed by atoms with E-state index in [9.17, 15) is 0 Å². The van der Waals surface area contributed by atoms with E-state index in [0.717, 1.165) is 15.2 Å². The molecule has 0 aliphatic rings. The Hall–Kier alpha value is -1.36. The van der Waals surface area contributed by atoms with Crippen molar-refractivity contribution in [2.24, 2.45) is 0 Å². The van der Waals surface area contributed by atoms with Crippen LogP contribution in [0.3, 0.4) is 0 Å². The molecule has 100 valence electrons. The fourth-order valence-corrected chi connectivity index (χ4v) is 2.75. The average molecular weight is 370 g/mol. The molecule has 0 unspecified atom stereocenters. The summed E-state index contributed by atoms with van der Waals surface area (Å²) in [6.07, 6.45) is 0. The summed E-state index contributed by atoms with van der Waals surface area (Å²) in [6.45, 7) is 0. The molecule has 2 aromatic carbocycles. The van der Waals surface area contributed by atoms with Gasteiger partial charge in [-0.15, -0.1) is 10.2 Å². The van der Waals surface area contributed by atoms with Gasteiger partial charge in [-0.05, 0) is 40.2 Å². The van der Waals surface area contributed by atoms with E-state index in [2.05, 4.69) is 26.1 Å². The standard InChI is InChI=1S/C14H7BrCl2N2O/c15-11-7-8(16)5-6-12(11)20-14-10-4-2-1-3-9(10)13(17)18-19-14/h1-7H. The molecule has 0 atom stereocenters. The summed E-state index contributed by atoms with van der Waals surface area (Å²) in [4.78, 5) is 0. The summed E-state index contributed by atoms with van der Waals surface area (Å²) in [5.74, 6) is 1.00. The molecule has 6 heteroatoms. The first-order valence-corrected chi connectivity index (χ1v) is 7.24. The number of hydrogen-bond donors (Lipinski definition) is 0. The second kappa shape index (κ2) is 5.56. The minimum absolute atomic E-state index is 0.350. The van der Waals surface area contributed by atoms with Gasteiger partial charge < -0.3 is 4.74 Å². The molecule has 0 bridgehead atoms. The number of hydrogen-bond acceptors (Lipinski definition) is 3. The van der Waals surface area contributed by atoms with Crippen molar-refractivity contribution in [3.8, 4) is 11.6 Å². The Morgan fingerprint density at radius 3 is 2.45 bits per heavy atom. The SMILES string of the molecule is Clc1ccc(Oc2nnc(Cl)c3ccccc23)c(Br)c1. The molecule has 0 radical (unpaired) electrons. The molecule has 0 saturated carbocycles. The number of ether oxygens (including phenoxy) is 1. The van der Waals surface area contributed by atoms with Gasteiger partial charge in [0.05, 0.1) is 4.47 Å². The Morgan fingerprint density at radius 2 is 1.70 bits per heavy atom. The van der Waals surface area contributed by atoms with Gasteiger partial charge in [-0.1, -0.05) is 41.4 Å². The minimum atomic E-state index is 0.350. The summed E-state index contributed by atoms with van der Waals surface area (Å²) in [5, 5.41) is 10.5. The molecule has 0 fully saturated rings. The van der Waals surface area contributed by atoms with Crippen LogP contribution >= 0.6 is 39.1 Å². The van der Waals surface area contributed by atoms with Crippen LogP contribution in [0.5, 0.6) is 11.6 Å². The summed E-state index contributed by atoms with van der Waals surface area (Å²) < 4.78 is 6.54. The highest BCUT2D eigenvalue weighted by molar-refractivity contribution is 9.10. The van der Waals surface area contributed by atoms with Gasteiger partial charge in [0.15, 0.2) is 5.15 Å². The molecule has 3 aromatic rings. The summed E-state index contributed by atoms with van der Waals surface area (Å²) in [5.41, 5.74) is 0. The zero-order valence-electron chi connectivity index (χ0n) is 9.98. The van der Waals surface area contributed by atoms with Crippen LogP contribution in [0.4, 0.5) is 0 Å². The molecule has 0 aliphatic heterocycles. The fourth-order valence-electron chi connectivity index (χ4n) is 1.78. The van der Waals surface area contributed by atoms with Crippen molar-refractivity contribution in [2.45, 2.75) is 0 Å². The van der Waals surface area contributed by atoms with Crippen LogP contribution in [-0.2, 0) is 0 Å². The van der Waals surface area contributed by atoms with E-state index < -0.39 is 0 Å². The molecule has 0 amide bonds. The lowest BCUT2D eigenvalue weighted by molar-refractivity contribution is 0.459. The van der Waals surface area contributed by atoms with Gasteiger partial charge in [0.1, 0.15) is 5.75 Å². The van der Waals surface area contributed by atoms with Crippen molar-refractivity contribution >= 4 is 49.9 Å². The van der Waals surface area contributed by atoms with Crippen molar-refractivity contribution in [3.63, 3.8) is 0 Å². The van der Waals surface area contributed by atoms with E-state index in [4.69, 9.17) is 27.9 Å². The van der Waals surface area contributed by atoms with Crippen LogP contribution in [0.25, 0.3) is 10.8 Å². The molecular weight excluding hydrogens is 363 g/mol. The summed E-state index contributed by atoms with van der Waals surface area (Å²) in [6, 6.07) is 12.8. The van der Waals surface area contributed by atoms with E-state index >= 15 is 0 Å². The predicted octanol–water partition coefficient (Wildman–Crippen LogP) is 5.49. The maximum Gasteiger partial charge on any atom is 0.246 e. The topological polar surface area (TPSA) is 35.0 Å². The lowest BCUT2D eigenvalue weighted by atomic mass is 10.2. The van der Waals surface area contributed by atoms with Gasteiger partial charge in [-0.25, -0.2) is 0 Å². The third-order valence-electron chi connectivity index (χ3n) is 2.71. The Labute approximate surface area is 133 Å². The van der Waals surface area contributed by atoms with Crippen molar-refractivity contribution in [2.75, 3.05) is 0 Å². The van der Waals surface area contributed by atoms with Crippen LogP contribution < -0.4 is 4.74 Å². The van der Waals surface area contributed by atoms with Crippen molar-refractivity contribution in [3.05, 3.63) is 57.1 Å². The number of fused-ring (bicyclic) bond motifs is 1. The fraction of sp³-hybridized carbons (Fsp3) is 0. The van der Waals surface area contributed by atoms with Gasteiger partial charge in [0.25, 0.3) is 0 Å². The number of rotatable bonds is 2. The molecule has 0 saturated heterocycles. The quantitative estimate of drug-likeness (QED) is 0.598. The second-order valence-corrected chi connectivity index (χ2v) is 5.67. The van der Waals surface area contributed by atoms with Crippen molar-refractivity contribution in [1.82, 2.24) is 10.2 Å². The summed E-state index contributed by atoms with van der Waals surface area (Å²) in [7, 11) is 0. The Kier molecular flexibility index (Phi) is 3.78. The molecule has 0 N–H and O–H groups in total. The van der Waals surface area contributed by atoms with E-state index in [1.54, 1.807) is 18.2 Å². The van der Waals surface area contributed by atoms with Gasteiger partial charge in [0.2, 0.25) is 5.88 Å². The van der Waals surface area contributed by atoms with Gasteiger partial charge >= 0.3 is 0 Å². The minimum Gasteiger partial charge on any atom is -0.436 e. The molecule has 3 nitrogen and oxygen atoms in total. The highest BCUT2D eigenvalue weighted by atomic mass is 79.9. The van der Waals surface area contributed by atoms with Crippen molar-refractivity contribution < 1.29 is 4.74 Å². The molecule has 0 spiro atoms. The molecular formula is C14H7BrCl2N2O. The van der Waals surface area contributed by atoms with Crippen LogP contribution in [0.15, 0.2) is 46.9 Å². The largest absolute Gasteiger partial charge is 0.436 e. The van der Waals surface area contributed by atoms with Gasteiger partial charge in [0, 0.05) is 15.8 Å². The first kappa shape index (κ1) is 13.6. The molecule has 1 heterocycles. The number of halogens is 3. The maximum atomic E-state index is 6.03. The van der Waals surface area contributed by atoms with E-state index in [-0.39, 0.29) is 0 Å². The maximum absolute atomic E-state index is 6.03.